The molecule has 0 aliphatic heterocycles. The zero-order valence-corrected chi connectivity index (χ0v) is 29.7. The summed E-state index contributed by atoms with van der Waals surface area (Å²) in [6, 6.07) is 17.0. The molecule has 2 aromatic carbocycles. The van der Waals surface area contributed by atoms with Crippen LogP contribution in [0.3, 0.4) is 0 Å². The maximum Gasteiger partial charge on any atom is 0.316 e. The number of fused-ring (bicyclic) bond motifs is 3. The van der Waals surface area contributed by atoms with Gasteiger partial charge in [0.1, 0.15) is 30.0 Å². The van der Waals surface area contributed by atoms with Crippen LogP contribution in [-0.4, -0.2) is 54.4 Å². The number of rotatable bonds is 11. The van der Waals surface area contributed by atoms with Crippen molar-refractivity contribution in [3.63, 3.8) is 0 Å². The highest BCUT2D eigenvalue weighted by atomic mass is 28.3. The number of benzene rings is 2. The minimum absolute atomic E-state index is 0.166. The number of carbonyl (C=O) groups excluding carboxylic acids is 1. The van der Waals surface area contributed by atoms with E-state index in [1.165, 1.54) is 6.33 Å². The molecule has 256 valence electrons. The fraction of sp³-hybridized carbons (Fsp3) is 0.250. The second-order valence-corrected chi connectivity index (χ2v) is 19.3. The normalized spacial score (nSPS) is 12.6. The molecule has 5 heterocycles. The molecule has 0 saturated carbocycles. The van der Waals surface area contributed by atoms with Crippen molar-refractivity contribution in [2.45, 2.75) is 52.3 Å². The zero-order chi connectivity index (χ0) is 35.2. The molecule has 1 atom stereocenters. The molecule has 5 N–H and O–H groups in total. The van der Waals surface area contributed by atoms with Crippen LogP contribution < -0.4 is 21.9 Å². The number of H-pyrrole nitrogens is 1. The van der Waals surface area contributed by atoms with Crippen LogP contribution in [0.4, 0.5) is 16.3 Å². The van der Waals surface area contributed by atoms with Crippen LogP contribution in [0, 0.1) is 6.92 Å². The third kappa shape index (κ3) is 6.26. The van der Waals surface area contributed by atoms with Gasteiger partial charge in [-0.2, -0.15) is 5.10 Å². The van der Waals surface area contributed by atoms with Gasteiger partial charge >= 0.3 is 6.03 Å². The summed E-state index contributed by atoms with van der Waals surface area (Å²) in [6.45, 7) is 11.8. The summed E-state index contributed by atoms with van der Waals surface area (Å²) < 4.78 is 11.5. The third-order valence-electron chi connectivity index (χ3n) is 8.78. The molecule has 0 spiro atoms. The van der Waals surface area contributed by atoms with Crippen molar-refractivity contribution in [3.8, 4) is 16.8 Å². The molecule has 0 bridgehead atoms. The first-order chi connectivity index (χ1) is 24.0. The lowest BCUT2D eigenvalue weighted by Gasteiger charge is -2.20. The number of anilines is 2. The van der Waals surface area contributed by atoms with Gasteiger partial charge in [0.05, 0.1) is 17.1 Å². The van der Waals surface area contributed by atoms with Gasteiger partial charge in [-0.1, -0.05) is 37.8 Å². The number of urea groups is 1. The smallest absolute Gasteiger partial charge is 0.316 e. The Kier molecular flexibility index (Phi) is 8.49. The number of aromatic nitrogens is 7. The highest BCUT2D eigenvalue weighted by Crippen LogP contribution is 2.40. The Morgan fingerprint density at radius 1 is 1.08 bits per heavy atom. The molecule has 0 radical (unpaired) electrons. The van der Waals surface area contributed by atoms with E-state index in [1.54, 1.807) is 15.3 Å². The molecule has 7 rings (SSSR count). The van der Waals surface area contributed by atoms with Crippen molar-refractivity contribution in [2.75, 3.05) is 17.2 Å². The average Bonchev–Trinajstić information content (AvgIpc) is 3.80. The summed E-state index contributed by atoms with van der Waals surface area (Å²) in [4.78, 5) is 38.6. The standard InChI is InChI=1S/C36H40N10O3Si/c1-22-12-14-45-31(22)35(47)46(25-9-7-6-8-10-25)33(43-45)23(2)41-32-30-28(27-17-24(42-36(37)48)18-29-26(27)11-13-38-29)19-44(34(30)40-20-39-32)21-49-15-16-50(3,4)5/h6-14,17-20,23,38H,15-16,21H2,1-5H3,(H3,37,42,48)(H,39,40,41)/t23-/m0/s1. The Balaban J connectivity index is 1.38. The van der Waals surface area contributed by atoms with E-state index >= 15 is 0 Å². The van der Waals surface area contributed by atoms with Gasteiger partial charge in [0.15, 0.2) is 5.82 Å². The lowest BCUT2D eigenvalue weighted by molar-refractivity contribution is 0.0899. The van der Waals surface area contributed by atoms with E-state index < -0.39 is 20.1 Å². The molecule has 7 aromatic rings. The Morgan fingerprint density at radius 3 is 2.64 bits per heavy atom. The number of ether oxygens (including phenoxy) is 1. The van der Waals surface area contributed by atoms with Crippen LogP contribution in [-0.2, 0) is 11.5 Å². The lowest BCUT2D eigenvalue weighted by Crippen LogP contribution is -2.29. The van der Waals surface area contributed by atoms with Crippen molar-refractivity contribution in [3.05, 3.63) is 101 Å². The fourth-order valence-electron chi connectivity index (χ4n) is 6.29. The molecule has 13 nitrogen and oxygen atoms in total. The highest BCUT2D eigenvalue weighted by molar-refractivity contribution is 6.76. The number of carbonyl (C=O) groups is 1. The first kappa shape index (κ1) is 32.8. The number of amides is 2. The molecule has 2 amide bonds. The molecule has 0 aliphatic rings. The summed E-state index contributed by atoms with van der Waals surface area (Å²) in [6.07, 6.45) is 7.18. The first-order valence-corrected chi connectivity index (χ1v) is 20.2. The molecule has 0 unspecified atom stereocenters. The largest absolute Gasteiger partial charge is 0.361 e. The number of hydrogen-bond acceptors (Lipinski definition) is 7. The van der Waals surface area contributed by atoms with Gasteiger partial charge in [-0.3, -0.25) is 9.36 Å². The predicted octanol–water partition coefficient (Wildman–Crippen LogP) is 6.66. The predicted molar refractivity (Wildman–Crippen MR) is 200 cm³/mol. The number of nitrogens with zero attached hydrogens (tertiary/aromatic N) is 6. The summed E-state index contributed by atoms with van der Waals surface area (Å²) in [5, 5.41) is 12.9. The van der Waals surface area contributed by atoms with Crippen molar-refractivity contribution >= 4 is 53.1 Å². The topological polar surface area (TPSA) is 162 Å². The van der Waals surface area contributed by atoms with E-state index in [2.05, 4.69) is 35.3 Å². The maximum absolute atomic E-state index is 14.0. The van der Waals surface area contributed by atoms with Crippen LogP contribution in [0.2, 0.25) is 25.7 Å². The zero-order valence-electron chi connectivity index (χ0n) is 28.7. The van der Waals surface area contributed by atoms with Crippen LogP contribution in [0.25, 0.3) is 44.3 Å². The SMILES string of the molecule is Cc1ccn2nc([C@H](C)Nc3ncnc4c3c(-c3cc(NC(N)=O)cc5[nH]ccc35)cn4COCC[Si](C)(C)C)n(-c3ccccc3)c(=O)c12. The average molecular weight is 689 g/mol. The Hall–Kier alpha value is -5.73. The van der Waals surface area contributed by atoms with Gasteiger partial charge in [0.2, 0.25) is 0 Å². The van der Waals surface area contributed by atoms with Crippen molar-refractivity contribution in [1.82, 2.24) is 33.7 Å². The minimum atomic E-state index is -1.30. The van der Waals surface area contributed by atoms with E-state index in [1.807, 2.05) is 85.4 Å². The van der Waals surface area contributed by atoms with Crippen LogP contribution in [0.5, 0.6) is 0 Å². The number of aromatic amines is 1. The minimum Gasteiger partial charge on any atom is -0.361 e. The Labute approximate surface area is 289 Å². The van der Waals surface area contributed by atoms with Gasteiger partial charge in [-0.15, -0.1) is 0 Å². The van der Waals surface area contributed by atoms with Gasteiger partial charge in [0.25, 0.3) is 5.56 Å². The van der Waals surface area contributed by atoms with E-state index in [-0.39, 0.29) is 5.56 Å². The molecule has 0 aliphatic carbocycles. The van der Waals surface area contributed by atoms with Crippen LogP contribution >= 0.6 is 0 Å². The summed E-state index contributed by atoms with van der Waals surface area (Å²) >= 11 is 0. The number of nitrogens with two attached hydrogens (primary N) is 1. The molecule has 0 fully saturated rings. The van der Waals surface area contributed by atoms with Gasteiger partial charge in [-0.25, -0.2) is 19.3 Å². The second kappa shape index (κ2) is 12.9. The summed E-state index contributed by atoms with van der Waals surface area (Å²) in [7, 11) is -1.30. The van der Waals surface area contributed by atoms with E-state index in [0.29, 0.717) is 47.5 Å². The van der Waals surface area contributed by atoms with Crippen molar-refractivity contribution in [2.24, 2.45) is 5.73 Å². The number of para-hydroxylation sites is 1. The van der Waals surface area contributed by atoms with Gasteiger partial charge in [-0.05, 0) is 67.4 Å². The fourth-order valence-corrected chi connectivity index (χ4v) is 7.05. The van der Waals surface area contributed by atoms with Crippen LogP contribution in [0.1, 0.15) is 24.4 Å². The molecular formula is C36H40N10O3Si. The number of aryl methyl sites for hydroxylation is 1. The first-order valence-electron chi connectivity index (χ1n) is 16.5. The second-order valence-electron chi connectivity index (χ2n) is 13.7. The van der Waals surface area contributed by atoms with Gasteiger partial charge < -0.3 is 30.7 Å². The monoisotopic (exact) mass is 688 g/mol. The van der Waals surface area contributed by atoms with Crippen molar-refractivity contribution in [1.29, 1.82) is 0 Å². The number of nitrogens with one attached hydrogen (secondary N) is 3. The Morgan fingerprint density at radius 2 is 1.88 bits per heavy atom. The molecular weight excluding hydrogens is 649 g/mol. The van der Waals surface area contributed by atoms with Gasteiger partial charge in [0, 0.05) is 55.4 Å². The summed E-state index contributed by atoms with van der Waals surface area (Å²) in [5.41, 5.74) is 11.1. The molecule has 14 heteroatoms. The quantitative estimate of drug-likeness (QED) is 0.0872. The van der Waals surface area contributed by atoms with Crippen molar-refractivity contribution < 1.29 is 9.53 Å². The van der Waals surface area contributed by atoms with Crippen LogP contribution in [0.15, 0.2) is 84.3 Å². The number of primary amides is 1. The molecule has 0 saturated heterocycles. The highest BCUT2D eigenvalue weighted by Gasteiger charge is 2.24. The molecule has 5 aromatic heterocycles. The number of hydrogen-bond donors (Lipinski definition) is 4. The maximum atomic E-state index is 14.0. The Bertz CT molecular complexity index is 2420. The summed E-state index contributed by atoms with van der Waals surface area (Å²) in [5.74, 6) is 1.06. The van der Waals surface area contributed by atoms with E-state index in [4.69, 9.17) is 25.5 Å². The van der Waals surface area contributed by atoms with E-state index in [9.17, 15) is 9.59 Å². The lowest BCUT2D eigenvalue weighted by atomic mass is 10.0. The van der Waals surface area contributed by atoms with E-state index in [0.717, 1.165) is 39.0 Å². The molecule has 50 heavy (non-hydrogen) atoms. The third-order valence-corrected chi connectivity index (χ3v) is 10.5.